The molecule has 0 unspecified atom stereocenters. The van der Waals surface area contributed by atoms with Crippen molar-refractivity contribution < 1.29 is 8.42 Å². The predicted octanol–water partition coefficient (Wildman–Crippen LogP) is 2.76. The lowest BCUT2D eigenvalue weighted by Crippen LogP contribution is -2.30. The Hall–Kier alpha value is -1.14. The molecule has 1 aliphatic rings. The summed E-state index contributed by atoms with van der Waals surface area (Å²) in [6.07, 6.45) is 6.86. The van der Waals surface area contributed by atoms with Gasteiger partial charge in [-0.05, 0) is 43.2 Å². The minimum absolute atomic E-state index is 0.206. The Balaban J connectivity index is 1.96. The highest BCUT2D eigenvalue weighted by Gasteiger charge is 2.42. The standard InChI is InChI=1S/C15H25N3O2S/c1-3-7-15(8-9-15)12-18-21(19,20)13-5-6-14(17-11-13)16-10-4-2/h5-6,11,18H,3-4,7-10,12H2,1-2H3,(H,16,17). The van der Waals surface area contributed by atoms with Crippen molar-refractivity contribution in [3.63, 3.8) is 0 Å². The van der Waals surface area contributed by atoms with Crippen LogP contribution in [0.2, 0.25) is 0 Å². The largest absolute Gasteiger partial charge is 0.370 e. The van der Waals surface area contributed by atoms with Crippen LogP contribution in [0.1, 0.15) is 46.0 Å². The fourth-order valence-electron chi connectivity index (χ4n) is 2.45. The van der Waals surface area contributed by atoms with Gasteiger partial charge >= 0.3 is 0 Å². The number of nitrogens with one attached hydrogen (secondary N) is 2. The monoisotopic (exact) mass is 311 g/mol. The molecule has 0 spiro atoms. The SMILES string of the molecule is CCCNc1ccc(S(=O)(=O)NCC2(CCC)CC2)cn1. The molecule has 118 valence electrons. The van der Waals surface area contributed by atoms with Gasteiger partial charge < -0.3 is 5.32 Å². The molecule has 0 radical (unpaired) electrons. The van der Waals surface area contributed by atoms with E-state index >= 15 is 0 Å². The van der Waals surface area contributed by atoms with Crippen LogP contribution in [0.3, 0.4) is 0 Å². The Morgan fingerprint density at radius 3 is 2.52 bits per heavy atom. The summed E-state index contributed by atoms with van der Waals surface area (Å²) in [7, 11) is -3.45. The van der Waals surface area contributed by atoms with Crippen LogP contribution in [-0.4, -0.2) is 26.5 Å². The van der Waals surface area contributed by atoms with Gasteiger partial charge in [0.25, 0.3) is 0 Å². The van der Waals surface area contributed by atoms with Gasteiger partial charge in [-0.2, -0.15) is 0 Å². The molecule has 0 aromatic carbocycles. The lowest BCUT2D eigenvalue weighted by atomic mass is 10.0. The summed E-state index contributed by atoms with van der Waals surface area (Å²) in [5.74, 6) is 0.709. The fraction of sp³-hybridized carbons (Fsp3) is 0.667. The van der Waals surface area contributed by atoms with E-state index in [9.17, 15) is 8.42 Å². The van der Waals surface area contributed by atoms with E-state index in [-0.39, 0.29) is 10.3 Å². The van der Waals surface area contributed by atoms with E-state index in [1.165, 1.54) is 6.20 Å². The highest BCUT2D eigenvalue weighted by molar-refractivity contribution is 7.89. The van der Waals surface area contributed by atoms with E-state index in [0.29, 0.717) is 12.4 Å². The van der Waals surface area contributed by atoms with Gasteiger partial charge in [-0.25, -0.2) is 18.1 Å². The molecule has 21 heavy (non-hydrogen) atoms. The third-order valence-electron chi connectivity index (χ3n) is 3.98. The second kappa shape index (κ2) is 6.75. The summed E-state index contributed by atoms with van der Waals surface area (Å²) >= 11 is 0. The molecular formula is C15H25N3O2S. The van der Waals surface area contributed by atoms with Gasteiger partial charge in [0.2, 0.25) is 10.0 Å². The van der Waals surface area contributed by atoms with Gasteiger partial charge in [0.05, 0.1) is 0 Å². The zero-order valence-electron chi connectivity index (χ0n) is 12.9. The molecule has 0 atom stereocenters. The van der Waals surface area contributed by atoms with E-state index < -0.39 is 10.0 Å². The second-order valence-electron chi connectivity index (χ2n) is 5.88. The van der Waals surface area contributed by atoms with Gasteiger partial charge in [-0.15, -0.1) is 0 Å². The van der Waals surface area contributed by atoms with Crippen molar-refractivity contribution in [1.82, 2.24) is 9.71 Å². The van der Waals surface area contributed by atoms with Crippen LogP contribution in [0.25, 0.3) is 0 Å². The van der Waals surface area contributed by atoms with Crippen molar-refractivity contribution in [1.29, 1.82) is 0 Å². The van der Waals surface area contributed by atoms with Gasteiger partial charge in [-0.3, -0.25) is 0 Å². The number of pyridine rings is 1. The van der Waals surface area contributed by atoms with Crippen LogP contribution < -0.4 is 10.0 Å². The molecule has 1 fully saturated rings. The highest BCUT2D eigenvalue weighted by atomic mass is 32.2. The third kappa shape index (κ3) is 4.41. The molecular weight excluding hydrogens is 286 g/mol. The van der Waals surface area contributed by atoms with Crippen LogP contribution in [0.4, 0.5) is 5.82 Å². The molecule has 0 amide bonds. The molecule has 1 aliphatic carbocycles. The molecule has 0 saturated heterocycles. The van der Waals surface area contributed by atoms with E-state index in [1.54, 1.807) is 12.1 Å². The Morgan fingerprint density at radius 1 is 1.24 bits per heavy atom. The first-order chi connectivity index (χ1) is 10.0. The molecule has 1 aromatic heterocycles. The molecule has 1 saturated carbocycles. The van der Waals surface area contributed by atoms with Crippen molar-refractivity contribution in [3.05, 3.63) is 18.3 Å². The van der Waals surface area contributed by atoms with Crippen molar-refractivity contribution in [2.45, 2.75) is 50.8 Å². The Bertz CT molecular complexity index is 551. The highest BCUT2D eigenvalue weighted by Crippen LogP contribution is 2.49. The maximum Gasteiger partial charge on any atom is 0.242 e. The maximum atomic E-state index is 12.3. The van der Waals surface area contributed by atoms with Crippen molar-refractivity contribution >= 4 is 15.8 Å². The number of sulfonamides is 1. The summed E-state index contributed by atoms with van der Waals surface area (Å²) in [6, 6.07) is 3.32. The summed E-state index contributed by atoms with van der Waals surface area (Å²) in [5.41, 5.74) is 0.206. The van der Waals surface area contributed by atoms with Gasteiger partial charge in [-0.1, -0.05) is 20.3 Å². The smallest absolute Gasteiger partial charge is 0.242 e. The van der Waals surface area contributed by atoms with E-state index in [2.05, 4.69) is 28.9 Å². The average molecular weight is 311 g/mol. The topological polar surface area (TPSA) is 71.1 Å². The summed E-state index contributed by atoms with van der Waals surface area (Å²) < 4.78 is 27.3. The van der Waals surface area contributed by atoms with Gasteiger partial charge in [0.15, 0.2) is 0 Å². The van der Waals surface area contributed by atoms with Gasteiger partial charge in [0.1, 0.15) is 10.7 Å². The van der Waals surface area contributed by atoms with Crippen LogP contribution in [-0.2, 0) is 10.0 Å². The number of nitrogens with zero attached hydrogens (tertiary/aromatic N) is 1. The summed E-state index contributed by atoms with van der Waals surface area (Å²) in [6.45, 7) is 5.58. The molecule has 0 bridgehead atoms. The average Bonchev–Trinajstić information content (AvgIpc) is 3.24. The first-order valence-electron chi connectivity index (χ1n) is 7.71. The number of hydrogen-bond donors (Lipinski definition) is 2. The van der Waals surface area contributed by atoms with E-state index in [1.807, 2.05) is 0 Å². The predicted molar refractivity (Wildman–Crippen MR) is 84.8 cm³/mol. The van der Waals surface area contributed by atoms with Crippen LogP contribution >= 0.6 is 0 Å². The molecule has 6 heteroatoms. The maximum absolute atomic E-state index is 12.3. The third-order valence-corrected chi connectivity index (χ3v) is 5.36. The minimum atomic E-state index is -3.45. The van der Waals surface area contributed by atoms with Crippen LogP contribution in [0, 0.1) is 5.41 Å². The Labute approximate surface area is 127 Å². The minimum Gasteiger partial charge on any atom is -0.370 e. The number of anilines is 1. The fourth-order valence-corrected chi connectivity index (χ4v) is 3.55. The van der Waals surface area contributed by atoms with Gasteiger partial charge in [0, 0.05) is 19.3 Å². The number of aromatic nitrogens is 1. The summed E-state index contributed by atoms with van der Waals surface area (Å²) in [5, 5.41) is 3.13. The Morgan fingerprint density at radius 2 is 2.00 bits per heavy atom. The van der Waals surface area contributed by atoms with E-state index in [0.717, 1.165) is 38.6 Å². The lowest BCUT2D eigenvalue weighted by molar-refractivity contribution is 0.449. The number of hydrogen-bond acceptors (Lipinski definition) is 4. The second-order valence-corrected chi connectivity index (χ2v) is 7.65. The molecule has 5 nitrogen and oxygen atoms in total. The molecule has 1 heterocycles. The zero-order chi connectivity index (χ0) is 15.3. The normalized spacial score (nSPS) is 16.7. The molecule has 2 N–H and O–H groups in total. The Kier molecular flexibility index (Phi) is 5.22. The first-order valence-corrected chi connectivity index (χ1v) is 9.19. The lowest BCUT2D eigenvalue weighted by Gasteiger charge is -2.15. The van der Waals surface area contributed by atoms with Crippen molar-refractivity contribution in [2.24, 2.45) is 5.41 Å². The first kappa shape index (κ1) is 16.2. The van der Waals surface area contributed by atoms with Crippen LogP contribution in [0.5, 0.6) is 0 Å². The van der Waals surface area contributed by atoms with E-state index in [4.69, 9.17) is 0 Å². The zero-order valence-corrected chi connectivity index (χ0v) is 13.7. The molecule has 0 aliphatic heterocycles. The molecule has 2 rings (SSSR count). The molecule has 1 aromatic rings. The van der Waals surface area contributed by atoms with Crippen molar-refractivity contribution in [3.8, 4) is 0 Å². The number of rotatable bonds is 9. The van der Waals surface area contributed by atoms with Crippen molar-refractivity contribution in [2.75, 3.05) is 18.4 Å². The summed E-state index contributed by atoms with van der Waals surface area (Å²) in [4.78, 5) is 4.38. The van der Waals surface area contributed by atoms with Crippen LogP contribution in [0.15, 0.2) is 23.2 Å². The quantitative estimate of drug-likeness (QED) is 0.735.